The van der Waals surface area contributed by atoms with Crippen LogP contribution in [0.1, 0.15) is 0 Å². The third-order valence-electron chi connectivity index (χ3n) is 14.0. The zero-order chi connectivity index (χ0) is 45.0. The lowest BCUT2D eigenvalue weighted by molar-refractivity contribution is 1.54. The van der Waals surface area contributed by atoms with Crippen molar-refractivity contribution >= 4 is 53.9 Å². The number of fused-ring (bicyclic) bond motifs is 6. The van der Waals surface area contributed by atoms with E-state index in [0.29, 0.717) is 0 Å². The van der Waals surface area contributed by atoms with Crippen molar-refractivity contribution in [1.82, 2.24) is 0 Å². The minimum atomic E-state index is 1.18. The van der Waals surface area contributed by atoms with Gasteiger partial charge in [0.2, 0.25) is 0 Å². The summed E-state index contributed by atoms with van der Waals surface area (Å²) in [5.41, 5.74) is 17.0. The van der Waals surface area contributed by atoms with Crippen LogP contribution in [0, 0.1) is 0 Å². The van der Waals surface area contributed by atoms with Crippen LogP contribution in [0.5, 0.6) is 0 Å². The predicted octanol–water partition coefficient (Wildman–Crippen LogP) is 19.1. The summed E-state index contributed by atoms with van der Waals surface area (Å²) in [4.78, 5) is 0. The fraction of sp³-hybridized carbons (Fsp3) is 0. The van der Waals surface area contributed by atoms with Gasteiger partial charge in [0, 0.05) is 0 Å². The van der Waals surface area contributed by atoms with Gasteiger partial charge >= 0.3 is 0 Å². The molecule has 0 atom stereocenters. The molecule has 0 radical (unpaired) electrons. The van der Waals surface area contributed by atoms with Gasteiger partial charge in [-0.3, -0.25) is 0 Å². The maximum Gasteiger partial charge on any atom is -0.00199 e. The highest BCUT2D eigenvalue weighted by atomic mass is 14.3. The molecule has 13 aromatic carbocycles. The van der Waals surface area contributed by atoms with Crippen LogP contribution < -0.4 is 0 Å². The van der Waals surface area contributed by atoms with E-state index in [1.165, 1.54) is 132 Å². The van der Waals surface area contributed by atoms with Crippen LogP contribution in [0.2, 0.25) is 0 Å². The van der Waals surface area contributed by atoms with Gasteiger partial charge in [-0.2, -0.15) is 0 Å². The molecule has 0 fully saturated rings. The highest BCUT2D eigenvalue weighted by Gasteiger charge is 2.23. The Morgan fingerprint density at radius 1 is 0.147 bits per heavy atom. The van der Waals surface area contributed by atoms with Crippen molar-refractivity contribution in [3.63, 3.8) is 0 Å². The molecule has 316 valence electrons. The summed E-state index contributed by atoms with van der Waals surface area (Å²) in [6, 6.07) is 98.5. The summed E-state index contributed by atoms with van der Waals surface area (Å²) in [5, 5.41) is 12.5. The minimum Gasteiger partial charge on any atom is -0.0622 e. The van der Waals surface area contributed by atoms with E-state index < -0.39 is 0 Å². The number of benzene rings is 13. The van der Waals surface area contributed by atoms with Crippen molar-refractivity contribution in [3.8, 4) is 77.9 Å². The fourth-order valence-corrected chi connectivity index (χ4v) is 11.0. The van der Waals surface area contributed by atoms with Gasteiger partial charge in [-0.05, 0) is 162 Å². The van der Waals surface area contributed by atoms with Crippen LogP contribution in [0.4, 0.5) is 0 Å². The summed E-state index contributed by atoms with van der Waals surface area (Å²) in [7, 11) is 0. The summed E-state index contributed by atoms with van der Waals surface area (Å²) >= 11 is 0. The first-order valence-corrected chi connectivity index (χ1v) is 23.6. The lowest BCUT2D eigenvalue weighted by Crippen LogP contribution is -1.95. The second kappa shape index (κ2) is 16.5. The Bertz CT molecular complexity index is 3920. The molecular formula is C68H44. The van der Waals surface area contributed by atoms with E-state index in [2.05, 4.69) is 267 Å². The normalized spacial score (nSPS) is 11.5. The second-order valence-electron chi connectivity index (χ2n) is 17.9. The molecule has 0 nitrogen and oxygen atoms in total. The average molecular weight is 861 g/mol. The Morgan fingerprint density at radius 3 is 1.10 bits per heavy atom. The number of hydrogen-bond donors (Lipinski definition) is 0. The first-order valence-electron chi connectivity index (χ1n) is 23.6. The largest absolute Gasteiger partial charge is 0.0622 e. The third kappa shape index (κ3) is 6.61. The Kier molecular flexibility index (Phi) is 9.62. The van der Waals surface area contributed by atoms with Gasteiger partial charge in [0.1, 0.15) is 0 Å². The smallest absolute Gasteiger partial charge is 0.00199 e. The van der Waals surface area contributed by atoms with E-state index >= 15 is 0 Å². The SMILES string of the molecule is c1ccc(-c2cc(-c3ccccc3)c(-c3cccc(-c4c5ccccc5c(-c5cc6c(-c7ccccc7)c7ccccc7cc6c6ccccc56)c5ccccc45)c3)c(-c3ccccc3)c2)cc1. The summed E-state index contributed by atoms with van der Waals surface area (Å²) in [6.07, 6.45) is 0. The molecule has 0 spiro atoms. The van der Waals surface area contributed by atoms with Crippen molar-refractivity contribution in [2.45, 2.75) is 0 Å². The molecule has 0 amide bonds. The van der Waals surface area contributed by atoms with Crippen LogP contribution in [0.25, 0.3) is 132 Å². The molecule has 0 heterocycles. The molecule has 0 heteroatoms. The summed E-state index contributed by atoms with van der Waals surface area (Å²) < 4.78 is 0. The van der Waals surface area contributed by atoms with Crippen molar-refractivity contribution < 1.29 is 0 Å². The standard InChI is InChI=1S/C68H44/c1-5-22-45(23-6-1)52-42-60(46-24-7-2-8-25-46)67(61(43-52)47-26-9-3-10-27-47)51-32-21-31-50(40-51)66-56-36-17-19-38-58(56)68(59-39-20-18-37-57(59)66)63-44-64-62(54-34-15-16-35-55(54)63)41-49-30-13-14-33-53(49)65(64)48-28-11-4-12-29-48/h1-44H. The molecule has 0 aliphatic rings. The minimum absolute atomic E-state index is 1.18. The van der Waals surface area contributed by atoms with Gasteiger partial charge in [0.05, 0.1) is 0 Å². The van der Waals surface area contributed by atoms with Crippen molar-refractivity contribution in [3.05, 3.63) is 267 Å². The predicted molar refractivity (Wildman–Crippen MR) is 292 cm³/mol. The molecule has 68 heavy (non-hydrogen) atoms. The van der Waals surface area contributed by atoms with Crippen LogP contribution in [0.15, 0.2) is 267 Å². The zero-order valence-electron chi connectivity index (χ0n) is 37.4. The van der Waals surface area contributed by atoms with Crippen LogP contribution in [-0.4, -0.2) is 0 Å². The molecular weight excluding hydrogens is 817 g/mol. The van der Waals surface area contributed by atoms with Gasteiger partial charge in [-0.15, -0.1) is 0 Å². The molecule has 13 rings (SSSR count). The van der Waals surface area contributed by atoms with Crippen LogP contribution in [0.3, 0.4) is 0 Å². The highest BCUT2D eigenvalue weighted by Crippen LogP contribution is 2.50. The van der Waals surface area contributed by atoms with Crippen molar-refractivity contribution in [1.29, 1.82) is 0 Å². The third-order valence-corrected chi connectivity index (χ3v) is 14.0. The molecule has 0 aliphatic carbocycles. The molecule has 13 aromatic rings. The second-order valence-corrected chi connectivity index (χ2v) is 17.9. The number of rotatable bonds is 7. The van der Waals surface area contributed by atoms with E-state index in [1.807, 2.05) is 0 Å². The van der Waals surface area contributed by atoms with E-state index in [0.717, 1.165) is 0 Å². The molecule has 0 unspecified atom stereocenters. The zero-order valence-corrected chi connectivity index (χ0v) is 37.4. The van der Waals surface area contributed by atoms with Gasteiger partial charge in [0.25, 0.3) is 0 Å². The Labute approximate surface area is 396 Å². The highest BCUT2D eigenvalue weighted by molar-refractivity contribution is 6.28. The van der Waals surface area contributed by atoms with Crippen LogP contribution >= 0.6 is 0 Å². The maximum absolute atomic E-state index is 2.50. The van der Waals surface area contributed by atoms with E-state index in [9.17, 15) is 0 Å². The molecule has 0 saturated carbocycles. The molecule has 0 saturated heterocycles. The van der Waals surface area contributed by atoms with Crippen LogP contribution in [-0.2, 0) is 0 Å². The monoisotopic (exact) mass is 860 g/mol. The first-order chi connectivity index (χ1) is 33.8. The lowest BCUT2D eigenvalue weighted by Gasteiger charge is -2.22. The summed E-state index contributed by atoms with van der Waals surface area (Å²) in [6.45, 7) is 0. The summed E-state index contributed by atoms with van der Waals surface area (Å²) in [5.74, 6) is 0. The van der Waals surface area contributed by atoms with Gasteiger partial charge in [-0.1, -0.05) is 237 Å². The lowest BCUT2D eigenvalue weighted by atomic mass is 9.81. The quantitative estimate of drug-likeness (QED) is 0.111. The Hall–Kier alpha value is -8.84. The molecule has 0 aliphatic heterocycles. The van der Waals surface area contributed by atoms with Crippen molar-refractivity contribution in [2.75, 3.05) is 0 Å². The molecule has 0 bridgehead atoms. The Morgan fingerprint density at radius 2 is 0.544 bits per heavy atom. The molecule has 0 aromatic heterocycles. The van der Waals surface area contributed by atoms with E-state index in [-0.39, 0.29) is 0 Å². The molecule has 0 N–H and O–H groups in total. The van der Waals surface area contributed by atoms with Crippen molar-refractivity contribution in [2.24, 2.45) is 0 Å². The fourth-order valence-electron chi connectivity index (χ4n) is 11.0. The maximum atomic E-state index is 2.50. The first kappa shape index (κ1) is 39.5. The Balaban J connectivity index is 1.09. The van der Waals surface area contributed by atoms with E-state index in [1.54, 1.807) is 0 Å². The van der Waals surface area contributed by atoms with Gasteiger partial charge in [-0.25, -0.2) is 0 Å². The average Bonchev–Trinajstić information content (AvgIpc) is 3.42. The van der Waals surface area contributed by atoms with Gasteiger partial charge < -0.3 is 0 Å². The topological polar surface area (TPSA) is 0 Å². The van der Waals surface area contributed by atoms with Gasteiger partial charge in [0.15, 0.2) is 0 Å². The van der Waals surface area contributed by atoms with E-state index in [4.69, 9.17) is 0 Å². The number of hydrogen-bond acceptors (Lipinski definition) is 0.